The molecule has 0 radical (unpaired) electrons. The molecular weight excluding hydrogens is 128 g/mol. The smallest absolute Gasteiger partial charge is 0.149 e. The largest absolute Gasteiger partial charge is 0.358 e. The molecule has 0 aliphatic heterocycles. The van der Waals surface area contributed by atoms with Crippen molar-refractivity contribution in [2.75, 3.05) is 6.54 Å². The highest BCUT2D eigenvalue weighted by molar-refractivity contribution is 5.83. The second-order valence-corrected chi connectivity index (χ2v) is 2.42. The van der Waals surface area contributed by atoms with Crippen LogP contribution in [0.3, 0.4) is 0 Å². The van der Waals surface area contributed by atoms with Crippen LogP contribution in [0.4, 0.5) is 0 Å². The molecule has 0 bridgehead atoms. The molecule has 0 aliphatic rings. The molecule has 0 aromatic rings. The maximum atomic E-state index is 10.9. The summed E-state index contributed by atoms with van der Waals surface area (Å²) < 4.78 is 0. The van der Waals surface area contributed by atoms with Crippen LogP contribution in [0.1, 0.15) is 26.2 Å². The van der Waals surface area contributed by atoms with Gasteiger partial charge in [0.25, 0.3) is 0 Å². The van der Waals surface area contributed by atoms with Crippen LogP contribution in [0, 0.1) is 0 Å². The monoisotopic (exact) mass is 145 g/mol. The van der Waals surface area contributed by atoms with Crippen molar-refractivity contribution in [3.8, 4) is 0 Å². The first kappa shape index (κ1) is 9.59. The molecule has 0 aromatic heterocycles. The van der Waals surface area contributed by atoms with Crippen LogP contribution in [0.25, 0.3) is 0 Å². The Morgan fingerprint density at radius 3 is 2.70 bits per heavy atom. The van der Waals surface area contributed by atoms with Crippen LogP contribution in [0.15, 0.2) is 0 Å². The van der Waals surface area contributed by atoms with Crippen molar-refractivity contribution in [2.45, 2.75) is 32.2 Å². The molecule has 10 heavy (non-hydrogen) atoms. The van der Waals surface area contributed by atoms with E-state index in [1.165, 1.54) is 0 Å². The van der Waals surface area contributed by atoms with Gasteiger partial charge in [-0.15, -0.1) is 0 Å². The highest BCUT2D eigenvalue weighted by atomic mass is 16.1. The number of Topliss-reactive ketones (excluding diaryl/α,β-unsaturated/α-hetero) is 1. The number of carbonyl (C=O) groups excluding carboxylic acids is 1. The first-order valence-corrected chi connectivity index (χ1v) is 3.80. The lowest BCUT2D eigenvalue weighted by atomic mass is 10.1. The highest BCUT2D eigenvalue weighted by Gasteiger charge is 2.09. The summed E-state index contributed by atoms with van der Waals surface area (Å²) in [6.45, 7) is 2.71. The van der Waals surface area contributed by atoms with E-state index >= 15 is 0 Å². The summed E-state index contributed by atoms with van der Waals surface area (Å²) in [5.41, 5.74) is 9.21. The molecular formula is C7H17N2O+. The first-order valence-electron chi connectivity index (χ1n) is 3.80. The van der Waals surface area contributed by atoms with E-state index in [2.05, 4.69) is 5.73 Å². The van der Waals surface area contributed by atoms with E-state index in [0.717, 1.165) is 19.4 Å². The SMILES string of the molecule is CCC(=O)C(N)CCC[NH3+]. The van der Waals surface area contributed by atoms with Crippen molar-refractivity contribution in [1.29, 1.82) is 0 Å². The maximum Gasteiger partial charge on any atom is 0.149 e. The zero-order chi connectivity index (χ0) is 7.98. The van der Waals surface area contributed by atoms with Gasteiger partial charge in [-0.2, -0.15) is 0 Å². The average Bonchev–Trinajstić information content (AvgIpc) is 1.98. The van der Waals surface area contributed by atoms with Crippen molar-refractivity contribution >= 4 is 5.78 Å². The predicted molar refractivity (Wildman–Crippen MR) is 40.3 cm³/mol. The molecule has 0 rings (SSSR count). The standard InChI is InChI=1S/C7H16N2O/c1-2-7(10)6(9)4-3-5-8/h6H,2-5,8-9H2,1H3/p+1. The molecule has 1 atom stereocenters. The Morgan fingerprint density at radius 1 is 1.70 bits per heavy atom. The number of quaternary nitrogens is 1. The van der Waals surface area contributed by atoms with Crippen molar-refractivity contribution in [3.63, 3.8) is 0 Å². The van der Waals surface area contributed by atoms with Gasteiger partial charge in [-0.1, -0.05) is 6.92 Å². The fraction of sp³-hybridized carbons (Fsp3) is 0.857. The molecule has 5 N–H and O–H groups in total. The number of rotatable bonds is 5. The fourth-order valence-electron chi connectivity index (χ4n) is 0.787. The van der Waals surface area contributed by atoms with Gasteiger partial charge in [-0.25, -0.2) is 0 Å². The van der Waals surface area contributed by atoms with Gasteiger partial charge in [-0.05, 0) is 12.8 Å². The molecule has 0 saturated heterocycles. The van der Waals surface area contributed by atoms with E-state index < -0.39 is 0 Å². The fourth-order valence-corrected chi connectivity index (χ4v) is 0.787. The van der Waals surface area contributed by atoms with Crippen molar-refractivity contribution < 1.29 is 10.5 Å². The molecule has 0 saturated carbocycles. The zero-order valence-corrected chi connectivity index (χ0v) is 6.60. The van der Waals surface area contributed by atoms with Crippen LogP contribution in [-0.4, -0.2) is 18.4 Å². The lowest BCUT2D eigenvalue weighted by Gasteiger charge is -2.05. The number of hydrogen-bond acceptors (Lipinski definition) is 2. The molecule has 0 fully saturated rings. The Hall–Kier alpha value is -0.410. The molecule has 60 valence electrons. The summed E-state index contributed by atoms with van der Waals surface area (Å²) in [5, 5.41) is 0. The maximum absolute atomic E-state index is 10.9. The van der Waals surface area contributed by atoms with Crippen LogP contribution in [0.2, 0.25) is 0 Å². The Kier molecular flexibility index (Phi) is 5.16. The predicted octanol–water partition coefficient (Wildman–Crippen LogP) is -0.685. The Labute approximate surface area is 61.8 Å². The molecule has 0 aromatic carbocycles. The van der Waals surface area contributed by atoms with E-state index in [4.69, 9.17) is 5.73 Å². The quantitative estimate of drug-likeness (QED) is 0.538. The molecule has 3 nitrogen and oxygen atoms in total. The van der Waals surface area contributed by atoms with E-state index in [0.29, 0.717) is 6.42 Å². The lowest BCUT2D eigenvalue weighted by molar-refractivity contribution is -0.368. The van der Waals surface area contributed by atoms with Gasteiger partial charge in [0.1, 0.15) is 5.78 Å². The third-order valence-electron chi connectivity index (χ3n) is 1.53. The summed E-state index contributed by atoms with van der Waals surface area (Å²) in [6, 6.07) is -0.244. The minimum Gasteiger partial charge on any atom is -0.358 e. The van der Waals surface area contributed by atoms with Gasteiger partial charge < -0.3 is 11.5 Å². The van der Waals surface area contributed by atoms with Gasteiger partial charge in [0.15, 0.2) is 0 Å². The van der Waals surface area contributed by atoms with E-state index in [9.17, 15) is 4.79 Å². The van der Waals surface area contributed by atoms with Gasteiger partial charge in [0.2, 0.25) is 0 Å². The van der Waals surface area contributed by atoms with Crippen LogP contribution < -0.4 is 11.5 Å². The molecule has 0 spiro atoms. The summed E-state index contributed by atoms with van der Waals surface area (Å²) in [4.78, 5) is 10.9. The number of hydrogen-bond donors (Lipinski definition) is 2. The van der Waals surface area contributed by atoms with Crippen LogP contribution in [-0.2, 0) is 4.79 Å². The lowest BCUT2D eigenvalue weighted by Crippen LogP contribution is -2.50. The highest BCUT2D eigenvalue weighted by Crippen LogP contribution is 1.95. The average molecular weight is 145 g/mol. The third kappa shape index (κ3) is 3.58. The topological polar surface area (TPSA) is 70.7 Å². The Morgan fingerprint density at radius 2 is 2.30 bits per heavy atom. The molecule has 0 aliphatic carbocycles. The van der Waals surface area contributed by atoms with Crippen molar-refractivity contribution in [2.24, 2.45) is 5.73 Å². The number of nitrogens with two attached hydrogens (primary N) is 1. The Balaban J connectivity index is 3.41. The van der Waals surface area contributed by atoms with Crippen molar-refractivity contribution in [3.05, 3.63) is 0 Å². The second kappa shape index (κ2) is 5.38. The molecule has 0 amide bonds. The number of ketones is 1. The third-order valence-corrected chi connectivity index (χ3v) is 1.53. The van der Waals surface area contributed by atoms with E-state index in [-0.39, 0.29) is 11.8 Å². The molecule has 3 heteroatoms. The summed E-state index contributed by atoms with van der Waals surface area (Å²) in [7, 11) is 0. The number of carbonyl (C=O) groups is 1. The minimum absolute atomic E-state index is 0.161. The Bertz CT molecular complexity index is 104. The summed E-state index contributed by atoms with van der Waals surface area (Å²) >= 11 is 0. The second-order valence-electron chi connectivity index (χ2n) is 2.42. The van der Waals surface area contributed by atoms with Gasteiger partial charge in [0.05, 0.1) is 12.6 Å². The van der Waals surface area contributed by atoms with Gasteiger partial charge in [0, 0.05) is 6.42 Å². The van der Waals surface area contributed by atoms with Crippen LogP contribution in [0.5, 0.6) is 0 Å². The summed E-state index contributed by atoms with van der Waals surface area (Å²) in [5.74, 6) is 0.161. The zero-order valence-electron chi connectivity index (χ0n) is 6.60. The van der Waals surface area contributed by atoms with Gasteiger partial charge in [-0.3, -0.25) is 4.79 Å². The minimum atomic E-state index is -0.244. The first-order chi connectivity index (χ1) is 4.72. The van der Waals surface area contributed by atoms with Crippen molar-refractivity contribution in [1.82, 2.24) is 0 Å². The van der Waals surface area contributed by atoms with E-state index in [1.54, 1.807) is 0 Å². The van der Waals surface area contributed by atoms with E-state index in [1.807, 2.05) is 6.92 Å². The molecule has 0 heterocycles. The molecule has 1 unspecified atom stereocenters. The summed E-state index contributed by atoms with van der Waals surface area (Å²) in [6.07, 6.45) is 2.29. The van der Waals surface area contributed by atoms with Gasteiger partial charge >= 0.3 is 0 Å². The normalized spacial score (nSPS) is 13.1. The van der Waals surface area contributed by atoms with Crippen LogP contribution >= 0.6 is 0 Å².